The van der Waals surface area contributed by atoms with Gasteiger partial charge in [0, 0.05) is 46.9 Å². The Hall–Kier alpha value is -3.97. The summed E-state index contributed by atoms with van der Waals surface area (Å²) >= 11 is 0. The summed E-state index contributed by atoms with van der Waals surface area (Å²) < 4.78 is 79.2. The lowest BCUT2D eigenvalue weighted by Gasteiger charge is -2.64. The lowest BCUT2D eigenvalue weighted by molar-refractivity contribution is -0.183. The largest absolute Gasteiger partial charge is 0.536 e. The molecule has 4 fully saturated rings. The van der Waals surface area contributed by atoms with E-state index in [0.717, 1.165) is 11.1 Å². The van der Waals surface area contributed by atoms with Crippen molar-refractivity contribution in [2.24, 2.45) is 29.6 Å². The number of carbonyl (C=O) groups is 2. The molecule has 1 saturated heterocycles. The molecule has 0 radical (unpaired) electrons. The van der Waals surface area contributed by atoms with Gasteiger partial charge >= 0.3 is 29.4 Å². The number of allylic oxidation sites excluding steroid dienone is 5. The molecule has 0 amide bonds. The summed E-state index contributed by atoms with van der Waals surface area (Å²) in [6, 6.07) is 2.28. The zero-order valence-corrected chi connectivity index (χ0v) is 40.5. The number of esters is 1. The Morgan fingerprint density at radius 2 is 1.65 bits per heavy atom. The van der Waals surface area contributed by atoms with E-state index in [1.165, 1.54) is 7.11 Å². The minimum absolute atomic E-state index is 0.00176. The lowest BCUT2D eigenvalue weighted by atomic mass is 9.42. The molecule has 8 rings (SSSR count). The molecule has 1 aromatic carbocycles. The van der Waals surface area contributed by atoms with Crippen LogP contribution in [-0.2, 0) is 47.8 Å². The van der Waals surface area contributed by atoms with Gasteiger partial charge in [0.15, 0.2) is 22.7 Å². The maximum absolute atomic E-state index is 15.4. The van der Waals surface area contributed by atoms with Crippen LogP contribution in [0.1, 0.15) is 105 Å². The number of fused-ring (bicyclic) bond motifs is 3. The second-order valence-corrected chi connectivity index (χ2v) is 23.2. The van der Waals surface area contributed by atoms with Crippen LogP contribution in [0, 0.1) is 46.3 Å². The highest BCUT2D eigenvalue weighted by Crippen LogP contribution is 2.76. The first-order chi connectivity index (χ1) is 30.0. The van der Waals surface area contributed by atoms with E-state index in [2.05, 4.69) is 14.7 Å². The number of carbonyl (C=O) groups excluding carboxylic acids is 2. The Morgan fingerprint density at radius 1 is 0.985 bits per heavy atom. The number of ether oxygens (including phenoxy) is 4. The van der Waals surface area contributed by atoms with Gasteiger partial charge in [-0.25, -0.2) is 18.5 Å². The number of nitriles is 1. The highest BCUT2D eigenvalue weighted by atomic mass is 31.3. The molecule has 21 heteroatoms. The van der Waals surface area contributed by atoms with Gasteiger partial charge in [0.1, 0.15) is 17.1 Å². The van der Waals surface area contributed by atoms with Crippen LogP contribution < -0.4 is 14.0 Å². The van der Waals surface area contributed by atoms with Crippen molar-refractivity contribution in [3.05, 3.63) is 63.3 Å². The fraction of sp³-hybridized carbons (Fsp3) is 0.545. The number of phosphoric acid groups is 3. The first-order valence-electron chi connectivity index (χ1n) is 21.1. The summed E-state index contributed by atoms with van der Waals surface area (Å²) in [5.41, 5.74) is -2.36. The highest BCUT2D eigenvalue weighted by molar-refractivity contribution is 7.66. The van der Waals surface area contributed by atoms with E-state index in [9.17, 15) is 48.7 Å². The van der Waals surface area contributed by atoms with Gasteiger partial charge in [0.25, 0.3) is 0 Å². The van der Waals surface area contributed by atoms with E-state index in [1.54, 1.807) is 32.1 Å². The summed E-state index contributed by atoms with van der Waals surface area (Å²) in [5, 5.41) is 20.3. The first kappa shape index (κ1) is 48.9. The summed E-state index contributed by atoms with van der Waals surface area (Å²) in [4.78, 5) is 68.5. The second kappa shape index (κ2) is 16.4. The quantitative estimate of drug-likeness (QED) is 0.0506. The lowest BCUT2D eigenvalue weighted by Crippen LogP contribution is -2.76. The van der Waals surface area contributed by atoms with Crippen LogP contribution in [-0.4, -0.2) is 66.6 Å². The van der Waals surface area contributed by atoms with Crippen molar-refractivity contribution in [2.45, 2.75) is 117 Å². The van der Waals surface area contributed by atoms with E-state index in [1.807, 2.05) is 60.6 Å². The summed E-state index contributed by atoms with van der Waals surface area (Å²) in [6.45, 7) is 16.4. The van der Waals surface area contributed by atoms with Crippen molar-refractivity contribution in [3.63, 3.8) is 0 Å². The standard InChI is InChI=1S/C44H55N2O16P3/c1-22(2)12-11-17-42(9)18-16-27-36(57-42)26(14-13-23(3)4)37-33(38(27)59-64(52,53)62-65(54,55)61-63(49,50)51)31-25(6)35(46)29(21-45)32-28-20-30-41(7,8)60-43(39(28)47,44(30,58-37)34(31)32)19-15-24(5)40(48)56-10/h12-13,15-16,18,25,28-30,32,46H,11,14,17,19-20H2,1-10H3,(H,52,53)(H,54,55)(H2,49,50,51). The van der Waals surface area contributed by atoms with Gasteiger partial charge in [-0.2, -0.15) is 13.9 Å². The van der Waals surface area contributed by atoms with Crippen molar-refractivity contribution in [2.75, 3.05) is 7.11 Å². The van der Waals surface area contributed by atoms with E-state index in [0.29, 0.717) is 29.6 Å². The number of nitrogens with one attached hydrogen (secondary N) is 1. The van der Waals surface area contributed by atoms with Crippen molar-refractivity contribution in [1.29, 1.82) is 10.7 Å². The van der Waals surface area contributed by atoms with E-state index in [-0.39, 0.29) is 59.0 Å². The average molecular weight is 961 g/mol. The van der Waals surface area contributed by atoms with Gasteiger partial charge in [-0.15, -0.1) is 0 Å². The number of Topliss-reactive ketones (excluding diaryl/α,β-unsaturated/α-hetero) is 1. The van der Waals surface area contributed by atoms with Crippen LogP contribution in [0.5, 0.6) is 17.2 Å². The summed E-state index contributed by atoms with van der Waals surface area (Å²) in [5.74, 6) is -5.91. The fourth-order valence-electron chi connectivity index (χ4n) is 10.9. The van der Waals surface area contributed by atoms with Crippen LogP contribution in [0.3, 0.4) is 0 Å². The van der Waals surface area contributed by atoms with Gasteiger partial charge in [-0.1, -0.05) is 36.3 Å². The first-order valence-corrected chi connectivity index (χ1v) is 25.6. The SMILES string of the molecule is COC(=O)C(C)=CCC12OC(C)(C)C3CC(C1=O)C1C4=C(c5c(OP(=O)(O)OP(=O)(O)OP(=O)(O)O)c6c(c(CC=C(C)C)c5OC432)OC(C)(CCC=C(C)C)C=C6)C(C)C(=N)C1C#N. The maximum atomic E-state index is 15.4. The van der Waals surface area contributed by atoms with Gasteiger partial charge in [-0.3, -0.25) is 9.69 Å². The molecule has 1 spiro atoms. The van der Waals surface area contributed by atoms with E-state index < -0.39 is 87.2 Å². The highest BCUT2D eigenvalue weighted by Gasteiger charge is 2.84. The number of benzene rings is 1. The van der Waals surface area contributed by atoms with Crippen LogP contribution in [0.2, 0.25) is 0 Å². The molecular weight excluding hydrogens is 905 g/mol. The fourth-order valence-corrected chi connectivity index (χ4v) is 14.0. The van der Waals surface area contributed by atoms with Gasteiger partial charge < -0.3 is 43.6 Å². The third-order valence-electron chi connectivity index (χ3n) is 13.5. The molecule has 18 nitrogen and oxygen atoms in total. The molecular formula is C44H55N2O16P3. The number of phosphoric ester groups is 1. The Bertz CT molecular complexity index is 2640. The number of rotatable bonds is 14. The number of hydrogen-bond donors (Lipinski definition) is 5. The molecule has 352 valence electrons. The van der Waals surface area contributed by atoms with Gasteiger partial charge in [0.2, 0.25) is 0 Å². The Morgan fingerprint density at radius 3 is 2.25 bits per heavy atom. The van der Waals surface area contributed by atoms with Gasteiger partial charge in [0.05, 0.1) is 35.8 Å². The molecule has 10 atom stereocenters. The molecule has 10 unspecified atom stereocenters. The summed E-state index contributed by atoms with van der Waals surface area (Å²) in [7, 11) is -16.5. The molecule has 3 aliphatic heterocycles. The minimum Gasteiger partial charge on any atom is -0.482 e. The van der Waals surface area contributed by atoms with Crippen molar-refractivity contribution < 1.29 is 75.0 Å². The van der Waals surface area contributed by atoms with E-state index in [4.69, 9.17) is 23.5 Å². The van der Waals surface area contributed by atoms with Crippen molar-refractivity contribution in [1.82, 2.24) is 0 Å². The Balaban J connectivity index is 1.62. The zero-order valence-electron chi connectivity index (χ0n) is 37.8. The van der Waals surface area contributed by atoms with Crippen LogP contribution in [0.25, 0.3) is 11.6 Å². The number of ketones is 1. The smallest absolute Gasteiger partial charge is 0.482 e. The normalized spacial score (nSPS) is 32.1. The third-order valence-corrected chi connectivity index (χ3v) is 17.2. The third kappa shape index (κ3) is 8.09. The van der Waals surface area contributed by atoms with Crippen molar-refractivity contribution >= 4 is 52.6 Å². The van der Waals surface area contributed by atoms with Gasteiger partial charge in [-0.05, 0) is 104 Å². The van der Waals surface area contributed by atoms with Crippen LogP contribution in [0.15, 0.2) is 46.6 Å². The second-order valence-electron chi connectivity index (χ2n) is 18.8. The summed E-state index contributed by atoms with van der Waals surface area (Å²) in [6.07, 6.45) is 10.0. The molecule has 1 aromatic rings. The molecule has 4 bridgehead atoms. The Kier molecular flexibility index (Phi) is 12.3. The minimum atomic E-state index is -6.02. The molecule has 7 aliphatic rings. The maximum Gasteiger partial charge on any atom is 0.536 e. The number of hydrogen-bond acceptors (Lipinski definition) is 14. The topological polar surface area (TPSA) is 279 Å². The van der Waals surface area contributed by atoms with Crippen LogP contribution >= 0.6 is 23.5 Å². The predicted octanol–water partition coefficient (Wildman–Crippen LogP) is 8.40. The molecule has 0 aromatic heterocycles. The molecule has 5 N–H and O–H groups in total. The molecule has 65 heavy (non-hydrogen) atoms. The van der Waals surface area contributed by atoms with Crippen molar-refractivity contribution in [3.8, 4) is 23.3 Å². The zero-order chi connectivity index (χ0) is 48.2. The van der Waals surface area contributed by atoms with E-state index >= 15 is 4.79 Å². The van der Waals surface area contributed by atoms with Crippen LogP contribution in [0.4, 0.5) is 0 Å². The average Bonchev–Trinajstić information content (AvgIpc) is 3.32. The predicted molar refractivity (Wildman–Crippen MR) is 235 cm³/mol. The molecule has 3 heterocycles. The molecule has 4 aliphatic carbocycles. The number of methoxy groups -OCH3 is 1. The number of nitrogens with zero attached hydrogens (tertiary/aromatic N) is 1. The molecule has 3 saturated carbocycles. The Labute approximate surface area is 377 Å². The monoisotopic (exact) mass is 960 g/mol.